The summed E-state index contributed by atoms with van der Waals surface area (Å²) < 4.78 is 0. The van der Waals surface area contributed by atoms with Crippen molar-refractivity contribution in [3.63, 3.8) is 0 Å². The first kappa shape index (κ1) is 12.3. The van der Waals surface area contributed by atoms with Gasteiger partial charge in [-0.1, -0.05) is 0 Å². The lowest BCUT2D eigenvalue weighted by atomic mass is 9.85. The number of nitrogens with one attached hydrogen (secondary N) is 1. The molecule has 0 aromatic carbocycles. The summed E-state index contributed by atoms with van der Waals surface area (Å²) in [5.41, 5.74) is 0.581. The average molecular weight is 225 g/mol. The SMILES string of the molecule is CN(C)CCCN1CCCC12CCNCC2. The second-order valence-electron chi connectivity index (χ2n) is 5.72. The molecule has 0 amide bonds. The fraction of sp³-hybridized carbons (Fsp3) is 1.00. The predicted molar refractivity (Wildman–Crippen MR) is 68.8 cm³/mol. The number of hydrogen-bond acceptors (Lipinski definition) is 3. The van der Waals surface area contributed by atoms with Crippen molar-refractivity contribution < 1.29 is 0 Å². The Morgan fingerprint density at radius 2 is 1.94 bits per heavy atom. The molecule has 2 rings (SSSR count). The molecule has 2 heterocycles. The molecule has 2 aliphatic rings. The minimum atomic E-state index is 0.581. The molecule has 1 spiro atoms. The Balaban J connectivity index is 1.82. The molecule has 0 aliphatic carbocycles. The van der Waals surface area contributed by atoms with Gasteiger partial charge in [0, 0.05) is 5.54 Å². The zero-order valence-electron chi connectivity index (χ0n) is 11.0. The van der Waals surface area contributed by atoms with Crippen molar-refractivity contribution in [3.05, 3.63) is 0 Å². The van der Waals surface area contributed by atoms with Crippen molar-refractivity contribution >= 4 is 0 Å². The van der Waals surface area contributed by atoms with Gasteiger partial charge in [-0.25, -0.2) is 0 Å². The molecule has 3 nitrogen and oxygen atoms in total. The van der Waals surface area contributed by atoms with Crippen molar-refractivity contribution in [1.82, 2.24) is 15.1 Å². The Bertz CT molecular complexity index is 209. The molecule has 1 N–H and O–H groups in total. The van der Waals surface area contributed by atoms with Gasteiger partial charge in [0.15, 0.2) is 0 Å². The van der Waals surface area contributed by atoms with Gasteiger partial charge in [0.1, 0.15) is 0 Å². The highest BCUT2D eigenvalue weighted by Gasteiger charge is 2.40. The summed E-state index contributed by atoms with van der Waals surface area (Å²) >= 11 is 0. The lowest BCUT2D eigenvalue weighted by molar-refractivity contribution is 0.0963. The molecule has 0 aromatic rings. The van der Waals surface area contributed by atoms with E-state index in [0.29, 0.717) is 5.54 Å². The third-order valence-corrected chi connectivity index (χ3v) is 4.31. The van der Waals surface area contributed by atoms with E-state index < -0.39 is 0 Å². The predicted octanol–water partition coefficient (Wildman–Crippen LogP) is 1.16. The van der Waals surface area contributed by atoms with E-state index in [9.17, 15) is 0 Å². The van der Waals surface area contributed by atoms with E-state index >= 15 is 0 Å². The standard InChI is InChI=1S/C13H27N3/c1-15(2)10-4-12-16-11-3-5-13(16)6-8-14-9-7-13/h14H,3-12H2,1-2H3. The summed E-state index contributed by atoms with van der Waals surface area (Å²) in [6, 6.07) is 0. The monoisotopic (exact) mass is 225 g/mol. The van der Waals surface area contributed by atoms with Gasteiger partial charge in [0.25, 0.3) is 0 Å². The van der Waals surface area contributed by atoms with Crippen LogP contribution >= 0.6 is 0 Å². The second kappa shape index (κ2) is 5.48. The first-order valence-electron chi connectivity index (χ1n) is 6.83. The number of nitrogens with zero attached hydrogens (tertiary/aromatic N) is 2. The lowest BCUT2D eigenvalue weighted by Crippen LogP contribution is -2.51. The molecule has 0 radical (unpaired) electrons. The smallest absolute Gasteiger partial charge is 0.0234 e. The summed E-state index contributed by atoms with van der Waals surface area (Å²) in [5, 5.41) is 3.50. The highest BCUT2D eigenvalue weighted by atomic mass is 15.2. The molecule has 2 saturated heterocycles. The van der Waals surface area contributed by atoms with Crippen LogP contribution in [0.1, 0.15) is 32.1 Å². The van der Waals surface area contributed by atoms with E-state index in [1.54, 1.807) is 0 Å². The van der Waals surface area contributed by atoms with Gasteiger partial charge in [0.2, 0.25) is 0 Å². The third kappa shape index (κ3) is 2.76. The second-order valence-corrected chi connectivity index (χ2v) is 5.72. The molecule has 3 heteroatoms. The van der Waals surface area contributed by atoms with Gasteiger partial charge < -0.3 is 10.2 Å². The molecule has 0 unspecified atom stereocenters. The van der Waals surface area contributed by atoms with Crippen LogP contribution in [0.25, 0.3) is 0 Å². The molecule has 2 fully saturated rings. The third-order valence-electron chi connectivity index (χ3n) is 4.31. The molecule has 0 aromatic heterocycles. The summed E-state index contributed by atoms with van der Waals surface area (Å²) in [4.78, 5) is 5.09. The topological polar surface area (TPSA) is 18.5 Å². The van der Waals surface area contributed by atoms with Crippen LogP contribution in [0.15, 0.2) is 0 Å². The number of piperidine rings is 1. The lowest BCUT2D eigenvalue weighted by Gasteiger charge is -2.42. The fourth-order valence-corrected chi connectivity index (χ4v) is 3.38. The quantitative estimate of drug-likeness (QED) is 0.774. The Morgan fingerprint density at radius 1 is 1.19 bits per heavy atom. The van der Waals surface area contributed by atoms with Crippen LogP contribution in [0.3, 0.4) is 0 Å². The number of likely N-dealkylation sites (tertiary alicyclic amines) is 1. The Morgan fingerprint density at radius 3 is 2.62 bits per heavy atom. The fourth-order valence-electron chi connectivity index (χ4n) is 3.38. The van der Waals surface area contributed by atoms with Crippen LogP contribution in [-0.4, -0.2) is 62.2 Å². The summed E-state index contributed by atoms with van der Waals surface area (Å²) in [7, 11) is 4.34. The van der Waals surface area contributed by atoms with Crippen LogP contribution in [0.5, 0.6) is 0 Å². The van der Waals surface area contributed by atoms with E-state index in [-0.39, 0.29) is 0 Å². The van der Waals surface area contributed by atoms with Crippen LogP contribution in [0.4, 0.5) is 0 Å². The minimum Gasteiger partial charge on any atom is -0.317 e. The molecule has 0 bridgehead atoms. The van der Waals surface area contributed by atoms with Crippen LogP contribution in [-0.2, 0) is 0 Å². The summed E-state index contributed by atoms with van der Waals surface area (Å²) in [5.74, 6) is 0. The Labute approximate surface area is 100 Å². The van der Waals surface area contributed by atoms with Crippen molar-refractivity contribution in [2.75, 3.05) is 46.8 Å². The number of rotatable bonds is 4. The van der Waals surface area contributed by atoms with Crippen molar-refractivity contribution in [2.45, 2.75) is 37.6 Å². The average Bonchev–Trinajstić information content (AvgIpc) is 2.62. The molecule has 0 saturated carbocycles. The van der Waals surface area contributed by atoms with Gasteiger partial charge in [-0.15, -0.1) is 0 Å². The normalized spacial score (nSPS) is 25.7. The maximum absolute atomic E-state index is 3.50. The Hall–Kier alpha value is -0.120. The molecular formula is C13H27N3. The zero-order valence-corrected chi connectivity index (χ0v) is 11.0. The molecule has 94 valence electrons. The van der Waals surface area contributed by atoms with E-state index in [1.165, 1.54) is 64.8 Å². The molecule has 2 aliphatic heterocycles. The van der Waals surface area contributed by atoms with Crippen LogP contribution in [0, 0.1) is 0 Å². The largest absolute Gasteiger partial charge is 0.317 e. The maximum Gasteiger partial charge on any atom is 0.0234 e. The maximum atomic E-state index is 3.50. The Kier molecular flexibility index (Phi) is 4.22. The van der Waals surface area contributed by atoms with E-state index in [0.717, 1.165) is 0 Å². The summed E-state index contributed by atoms with van der Waals surface area (Å²) in [6.07, 6.45) is 6.92. The van der Waals surface area contributed by atoms with Crippen molar-refractivity contribution in [1.29, 1.82) is 0 Å². The van der Waals surface area contributed by atoms with E-state index in [4.69, 9.17) is 0 Å². The minimum absolute atomic E-state index is 0.581. The van der Waals surface area contributed by atoms with E-state index in [2.05, 4.69) is 29.2 Å². The first-order valence-corrected chi connectivity index (χ1v) is 6.83. The highest BCUT2D eigenvalue weighted by molar-refractivity contribution is 4.98. The van der Waals surface area contributed by atoms with Crippen molar-refractivity contribution in [2.24, 2.45) is 0 Å². The van der Waals surface area contributed by atoms with Gasteiger partial charge in [-0.05, 0) is 78.9 Å². The van der Waals surface area contributed by atoms with Gasteiger partial charge in [-0.3, -0.25) is 4.90 Å². The summed E-state index contributed by atoms with van der Waals surface area (Å²) in [6.45, 7) is 6.32. The van der Waals surface area contributed by atoms with Crippen molar-refractivity contribution in [3.8, 4) is 0 Å². The molecule has 16 heavy (non-hydrogen) atoms. The van der Waals surface area contributed by atoms with E-state index in [1.807, 2.05) is 0 Å². The van der Waals surface area contributed by atoms with Gasteiger partial charge in [0.05, 0.1) is 0 Å². The molecule has 0 atom stereocenters. The molecular weight excluding hydrogens is 198 g/mol. The number of hydrogen-bond donors (Lipinski definition) is 1. The first-order chi connectivity index (χ1) is 7.73. The van der Waals surface area contributed by atoms with Crippen LogP contribution in [0.2, 0.25) is 0 Å². The van der Waals surface area contributed by atoms with Gasteiger partial charge >= 0.3 is 0 Å². The zero-order chi connectivity index (χ0) is 11.4. The van der Waals surface area contributed by atoms with Crippen LogP contribution < -0.4 is 5.32 Å². The van der Waals surface area contributed by atoms with Gasteiger partial charge in [-0.2, -0.15) is 0 Å². The highest BCUT2D eigenvalue weighted by Crippen LogP contribution is 2.36.